The number of guanidine groups is 1. The average molecular weight is 472 g/mol. The molecule has 1 aliphatic rings. The fourth-order valence-electron chi connectivity index (χ4n) is 4.67. The summed E-state index contributed by atoms with van der Waals surface area (Å²) in [5.74, 6) is -1.27. The molecule has 35 heavy (non-hydrogen) atoms. The maximum Gasteiger partial charge on any atom is 0.240 e. The van der Waals surface area contributed by atoms with Crippen LogP contribution in [0.4, 0.5) is 0 Å². The fraction of sp³-hybridized carbons (Fsp3) is 0.222. The molecule has 0 bridgehead atoms. The Hall–Kier alpha value is -4.33. The van der Waals surface area contributed by atoms with Gasteiger partial charge in [-0.15, -0.1) is 0 Å². The van der Waals surface area contributed by atoms with Gasteiger partial charge in [-0.2, -0.15) is 0 Å². The Morgan fingerprint density at radius 1 is 0.886 bits per heavy atom. The van der Waals surface area contributed by atoms with Crippen LogP contribution in [0.25, 0.3) is 11.1 Å². The number of hydrogen-bond donors (Lipinski definition) is 4. The topological polar surface area (TPSA) is 148 Å². The molecule has 8 heteroatoms. The first-order valence-electron chi connectivity index (χ1n) is 11.5. The Kier molecular flexibility index (Phi) is 7.01. The molecule has 8 nitrogen and oxygen atoms in total. The van der Waals surface area contributed by atoms with Crippen LogP contribution in [0.5, 0.6) is 5.75 Å². The highest BCUT2D eigenvalue weighted by Gasteiger charge is 2.39. The van der Waals surface area contributed by atoms with Gasteiger partial charge in [-0.05, 0) is 52.8 Å². The summed E-state index contributed by atoms with van der Waals surface area (Å²) in [6, 6.07) is 21.3. The Bertz CT molecular complexity index is 1210. The molecule has 7 N–H and O–H groups in total. The Labute approximate surface area is 204 Å². The van der Waals surface area contributed by atoms with Gasteiger partial charge in [-0.3, -0.25) is 14.6 Å². The van der Waals surface area contributed by atoms with Crippen molar-refractivity contribution in [1.82, 2.24) is 4.90 Å². The Morgan fingerprint density at radius 3 is 2.00 bits per heavy atom. The molecule has 3 aromatic rings. The summed E-state index contributed by atoms with van der Waals surface area (Å²) in [6.07, 6.45) is 0.786. The number of amides is 2. The number of benzene rings is 3. The molecule has 1 atom stereocenters. The first-order valence-corrected chi connectivity index (χ1v) is 11.5. The molecule has 0 aromatic heterocycles. The quantitative estimate of drug-likeness (QED) is 0.215. The second-order valence-corrected chi connectivity index (χ2v) is 8.61. The van der Waals surface area contributed by atoms with Crippen LogP contribution >= 0.6 is 0 Å². The van der Waals surface area contributed by atoms with Crippen molar-refractivity contribution in [2.45, 2.75) is 31.3 Å². The summed E-state index contributed by atoms with van der Waals surface area (Å²) in [7, 11) is 0. The SMILES string of the molecule is NC(=O)[C@@H](CCCN=C(N)N)N(Cc1ccc(O)cc1)C(=O)C1c2ccccc2-c2ccccc21. The van der Waals surface area contributed by atoms with Gasteiger partial charge in [0, 0.05) is 13.1 Å². The molecule has 0 radical (unpaired) electrons. The predicted molar refractivity (Wildman–Crippen MR) is 135 cm³/mol. The van der Waals surface area contributed by atoms with Crippen molar-refractivity contribution in [2.24, 2.45) is 22.2 Å². The number of carbonyl (C=O) groups is 2. The van der Waals surface area contributed by atoms with Crippen LogP contribution < -0.4 is 17.2 Å². The van der Waals surface area contributed by atoms with Crippen molar-refractivity contribution in [2.75, 3.05) is 6.54 Å². The third-order valence-electron chi connectivity index (χ3n) is 6.29. The van der Waals surface area contributed by atoms with E-state index in [-0.39, 0.29) is 24.2 Å². The van der Waals surface area contributed by atoms with Crippen molar-refractivity contribution < 1.29 is 14.7 Å². The molecule has 0 spiro atoms. The molecule has 2 amide bonds. The van der Waals surface area contributed by atoms with Gasteiger partial charge in [0.1, 0.15) is 11.8 Å². The van der Waals surface area contributed by atoms with E-state index < -0.39 is 17.9 Å². The highest BCUT2D eigenvalue weighted by molar-refractivity contribution is 5.98. The van der Waals surface area contributed by atoms with Crippen molar-refractivity contribution in [3.8, 4) is 16.9 Å². The number of nitrogens with two attached hydrogens (primary N) is 3. The molecular weight excluding hydrogens is 442 g/mol. The van der Waals surface area contributed by atoms with Crippen LogP contribution in [0.15, 0.2) is 77.8 Å². The summed E-state index contributed by atoms with van der Waals surface area (Å²) >= 11 is 0. The monoisotopic (exact) mass is 471 g/mol. The highest BCUT2D eigenvalue weighted by atomic mass is 16.3. The number of phenols is 1. The summed E-state index contributed by atoms with van der Waals surface area (Å²) in [5, 5.41) is 9.69. The van der Waals surface area contributed by atoms with Gasteiger partial charge in [0.05, 0.1) is 5.92 Å². The standard InChI is InChI=1S/C27H29N5O3/c28-25(34)23(10-5-15-31-27(29)30)32(16-17-11-13-18(33)14-12-17)26(35)24-21-8-3-1-6-19(21)20-7-2-4-9-22(20)24/h1-4,6-9,11-14,23-24,33H,5,10,15-16H2,(H2,28,34)(H4,29,30,31)/t23-/m1/s1. The van der Waals surface area contributed by atoms with E-state index in [1.807, 2.05) is 48.5 Å². The Morgan fingerprint density at radius 2 is 1.46 bits per heavy atom. The summed E-state index contributed by atoms with van der Waals surface area (Å²) in [6.45, 7) is 0.484. The maximum atomic E-state index is 14.2. The van der Waals surface area contributed by atoms with E-state index in [9.17, 15) is 14.7 Å². The number of rotatable bonds is 9. The second-order valence-electron chi connectivity index (χ2n) is 8.61. The lowest BCUT2D eigenvalue weighted by atomic mass is 9.93. The molecule has 0 saturated carbocycles. The molecule has 0 aliphatic heterocycles. The molecule has 0 fully saturated rings. The normalized spacial score (nSPS) is 12.9. The van der Waals surface area contributed by atoms with E-state index in [0.29, 0.717) is 19.4 Å². The molecule has 180 valence electrons. The fourth-order valence-corrected chi connectivity index (χ4v) is 4.67. The number of primary amides is 1. The van der Waals surface area contributed by atoms with E-state index in [1.54, 1.807) is 29.2 Å². The summed E-state index contributed by atoms with van der Waals surface area (Å²) in [4.78, 5) is 32.4. The van der Waals surface area contributed by atoms with Crippen LogP contribution in [0.3, 0.4) is 0 Å². The smallest absolute Gasteiger partial charge is 0.240 e. The van der Waals surface area contributed by atoms with Crippen LogP contribution in [0.2, 0.25) is 0 Å². The van der Waals surface area contributed by atoms with Gasteiger partial charge < -0.3 is 27.2 Å². The van der Waals surface area contributed by atoms with E-state index >= 15 is 0 Å². The van der Waals surface area contributed by atoms with Crippen molar-refractivity contribution in [1.29, 1.82) is 0 Å². The van der Waals surface area contributed by atoms with Crippen LogP contribution in [0, 0.1) is 0 Å². The lowest BCUT2D eigenvalue weighted by Gasteiger charge is -2.32. The van der Waals surface area contributed by atoms with Crippen molar-refractivity contribution in [3.63, 3.8) is 0 Å². The molecule has 1 aliphatic carbocycles. The molecule has 0 saturated heterocycles. The first kappa shape index (κ1) is 23.8. The van der Waals surface area contributed by atoms with E-state index in [0.717, 1.165) is 27.8 Å². The molecule has 4 rings (SSSR count). The van der Waals surface area contributed by atoms with E-state index in [2.05, 4.69) is 4.99 Å². The largest absolute Gasteiger partial charge is 0.508 e. The zero-order valence-electron chi connectivity index (χ0n) is 19.3. The van der Waals surface area contributed by atoms with Crippen molar-refractivity contribution >= 4 is 17.8 Å². The summed E-state index contributed by atoms with van der Waals surface area (Å²) in [5.41, 5.74) is 21.2. The maximum absolute atomic E-state index is 14.2. The molecule has 3 aromatic carbocycles. The van der Waals surface area contributed by atoms with Gasteiger partial charge in [-0.1, -0.05) is 60.7 Å². The molecule has 0 heterocycles. The van der Waals surface area contributed by atoms with Gasteiger partial charge in [0.2, 0.25) is 11.8 Å². The molecular formula is C27H29N5O3. The third-order valence-corrected chi connectivity index (χ3v) is 6.29. The van der Waals surface area contributed by atoms with Crippen molar-refractivity contribution in [3.05, 3.63) is 89.5 Å². The zero-order chi connectivity index (χ0) is 24.9. The van der Waals surface area contributed by atoms with Crippen LogP contribution in [-0.2, 0) is 16.1 Å². The number of carbonyl (C=O) groups excluding carboxylic acids is 2. The van der Waals surface area contributed by atoms with Gasteiger partial charge in [0.25, 0.3) is 0 Å². The van der Waals surface area contributed by atoms with Gasteiger partial charge in [-0.25, -0.2) is 0 Å². The zero-order valence-corrected chi connectivity index (χ0v) is 19.3. The average Bonchev–Trinajstić information content (AvgIpc) is 3.18. The minimum absolute atomic E-state index is 0.0307. The highest BCUT2D eigenvalue weighted by Crippen LogP contribution is 2.45. The minimum Gasteiger partial charge on any atom is -0.508 e. The number of nitrogens with zero attached hydrogens (tertiary/aromatic N) is 2. The third kappa shape index (κ3) is 5.11. The number of fused-ring (bicyclic) bond motifs is 3. The molecule has 0 unspecified atom stereocenters. The minimum atomic E-state index is -0.856. The van der Waals surface area contributed by atoms with E-state index in [4.69, 9.17) is 17.2 Å². The second kappa shape index (κ2) is 10.3. The lowest BCUT2D eigenvalue weighted by molar-refractivity contribution is -0.140. The van der Waals surface area contributed by atoms with Gasteiger partial charge >= 0.3 is 0 Å². The van der Waals surface area contributed by atoms with Crippen LogP contribution in [-0.4, -0.2) is 40.4 Å². The summed E-state index contributed by atoms with van der Waals surface area (Å²) < 4.78 is 0. The number of phenolic OH excluding ortho intramolecular Hbond substituents is 1. The number of aliphatic imine (C=N–C) groups is 1. The predicted octanol–water partition coefficient (Wildman–Crippen LogP) is 2.44. The number of aromatic hydroxyl groups is 1. The van der Waals surface area contributed by atoms with E-state index in [1.165, 1.54) is 0 Å². The first-order chi connectivity index (χ1) is 16.9. The Balaban J connectivity index is 1.72. The van der Waals surface area contributed by atoms with Gasteiger partial charge in [0.15, 0.2) is 5.96 Å². The van der Waals surface area contributed by atoms with Crippen LogP contribution in [0.1, 0.15) is 35.4 Å². The lowest BCUT2D eigenvalue weighted by Crippen LogP contribution is -2.49. The number of hydrogen-bond acceptors (Lipinski definition) is 4.